The summed E-state index contributed by atoms with van der Waals surface area (Å²) in [6, 6.07) is 7.89. The highest BCUT2D eigenvalue weighted by Crippen LogP contribution is 2.36. The van der Waals surface area contributed by atoms with Crippen LogP contribution in [0.4, 0.5) is 0 Å². The minimum absolute atomic E-state index is 0.384. The number of hydrogen-bond acceptors (Lipinski definition) is 2. The normalized spacial score (nSPS) is 11.0. The molecule has 0 saturated carbocycles. The lowest BCUT2D eigenvalue weighted by molar-refractivity contribution is 0.568. The molecule has 0 unspecified atom stereocenters. The average molecular weight is 194 g/mol. The van der Waals surface area contributed by atoms with Gasteiger partial charge in [-0.15, -0.1) is 0 Å². The van der Waals surface area contributed by atoms with Crippen molar-refractivity contribution in [2.75, 3.05) is 13.3 Å². The van der Waals surface area contributed by atoms with Crippen LogP contribution in [-0.4, -0.2) is 13.3 Å². The van der Waals surface area contributed by atoms with Gasteiger partial charge in [-0.3, -0.25) is 0 Å². The highest BCUT2D eigenvalue weighted by molar-refractivity contribution is 7.51. The van der Waals surface area contributed by atoms with Crippen LogP contribution >= 0.6 is 8.15 Å². The van der Waals surface area contributed by atoms with E-state index in [4.69, 9.17) is 8.94 Å². The number of rotatable bonds is 2. The van der Waals surface area contributed by atoms with E-state index in [-0.39, 0.29) is 8.15 Å². The van der Waals surface area contributed by atoms with E-state index in [1.54, 1.807) is 6.26 Å². The molecule has 0 spiro atoms. The molecule has 13 heavy (non-hydrogen) atoms. The zero-order valence-electron chi connectivity index (χ0n) is 7.65. The SMILES string of the molecule is CP(C)Oc1coc2ccccc12. The summed E-state index contributed by atoms with van der Waals surface area (Å²) < 4.78 is 11.0. The Hall–Kier alpha value is -1.01. The van der Waals surface area contributed by atoms with Gasteiger partial charge in [0.2, 0.25) is 0 Å². The summed E-state index contributed by atoms with van der Waals surface area (Å²) in [4.78, 5) is 0. The van der Waals surface area contributed by atoms with Gasteiger partial charge in [-0.05, 0) is 25.5 Å². The van der Waals surface area contributed by atoms with E-state index in [1.165, 1.54) is 0 Å². The van der Waals surface area contributed by atoms with E-state index in [2.05, 4.69) is 13.3 Å². The average Bonchev–Trinajstić information content (AvgIpc) is 2.48. The van der Waals surface area contributed by atoms with Crippen molar-refractivity contribution in [3.63, 3.8) is 0 Å². The number of furan rings is 1. The van der Waals surface area contributed by atoms with E-state index in [0.717, 1.165) is 16.7 Å². The van der Waals surface area contributed by atoms with E-state index in [0.29, 0.717) is 0 Å². The predicted octanol–water partition coefficient (Wildman–Crippen LogP) is 3.47. The Labute approximate surface area is 78.3 Å². The molecule has 1 aromatic carbocycles. The number of hydrogen-bond donors (Lipinski definition) is 0. The maximum atomic E-state index is 5.64. The lowest BCUT2D eigenvalue weighted by Crippen LogP contribution is -1.81. The molecule has 0 aliphatic rings. The van der Waals surface area contributed by atoms with Gasteiger partial charge in [0.1, 0.15) is 11.8 Å². The molecule has 0 saturated heterocycles. The van der Waals surface area contributed by atoms with Gasteiger partial charge < -0.3 is 8.94 Å². The van der Waals surface area contributed by atoms with Gasteiger partial charge in [0, 0.05) is 0 Å². The third kappa shape index (κ3) is 1.68. The molecule has 0 radical (unpaired) electrons. The van der Waals surface area contributed by atoms with Crippen LogP contribution in [0.3, 0.4) is 0 Å². The summed E-state index contributed by atoms with van der Waals surface area (Å²) in [7, 11) is -0.384. The summed E-state index contributed by atoms with van der Waals surface area (Å²) in [5.41, 5.74) is 0.884. The van der Waals surface area contributed by atoms with Crippen LogP contribution in [0, 0.1) is 0 Å². The molecule has 2 rings (SSSR count). The van der Waals surface area contributed by atoms with Crippen LogP contribution in [0.1, 0.15) is 0 Å². The van der Waals surface area contributed by atoms with Crippen LogP contribution in [0.2, 0.25) is 0 Å². The number of para-hydroxylation sites is 1. The predicted molar refractivity (Wildman–Crippen MR) is 55.6 cm³/mol. The third-order valence-corrected chi connectivity index (χ3v) is 2.29. The molecule has 0 atom stereocenters. The first kappa shape index (κ1) is 8.58. The quantitative estimate of drug-likeness (QED) is 0.683. The molecule has 1 heterocycles. The van der Waals surface area contributed by atoms with Crippen molar-refractivity contribution in [1.29, 1.82) is 0 Å². The fraction of sp³-hybridized carbons (Fsp3) is 0.200. The van der Waals surface area contributed by atoms with Crippen LogP contribution < -0.4 is 4.52 Å². The largest absolute Gasteiger partial charge is 0.471 e. The Bertz CT molecular complexity index is 406. The molecule has 0 fully saturated rings. The fourth-order valence-corrected chi connectivity index (χ4v) is 1.76. The van der Waals surface area contributed by atoms with Crippen molar-refractivity contribution < 1.29 is 8.94 Å². The second kappa shape index (κ2) is 3.39. The first-order chi connectivity index (χ1) is 6.27. The van der Waals surface area contributed by atoms with Crippen molar-refractivity contribution in [2.45, 2.75) is 0 Å². The molecule has 1 aromatic heterocycles. The number of benzene rings is 1. The zero-order valence-corrected chi connectivity index (χ0v) is 8.54. The van der Waals surface area contributed by atoms with Gasteiger partial charge in [-0.2, -0.15) is 0 Å². The van der Waals surface area contributed by atoms with Crippen molar-refractivity contribution in [3.8, 4) is 5.75 Å². The fourth-order valence-electron chi connectivity index (χ4n) is 1.22. The lowest BCUT2D eigenvalue weighted by atomic mass is 10.2. The molecule has 2 aromatic rings. The Balaban J connectivity index is 2.46. The van der Waals surface area contributed by atoms with Crippen molar-refractivity contribution in [2.24, 2.45) is 0 Å². The molecule has 0 aliphatic carbocycles. The van der Waals surface area contributed by atoms with Crippen LogP contribution in [0.15, 0.2) is 34.9 Å². The van der Waals surface area contributed by atoms with Crippen LogP contribution in [0.25, 0.3) is 11.0 Å². The van der Waals surface area contributed by atoms with E-state index in [1.807, 2.05) is 24.3 Å². The van der Waals surface area contributed by atoms with Gasteiger partial charge in [0.25, 0.3) is 0 Å². The molecule has 2 nitrogen and oxygen atoms in total. The monoisotopic (exact) mass is 194 g/mol. The third-order valence-electron chi connectivity index (χ3n) is 1.73. The lowest BCUT2D eigenvalue weighted by Gasteiger charge is -2.05. The summed E-state index contributed by atoms with van der Waals surface area (Å²) in [5.74, 6) is 0.853. The molecule has 0 aliphatic heterocycles. The Morgan fingerprint density at radius 3 is 2.77 bits per heavy atom. The molecule has 0 N–H and O–H groups in total. The first-order valence-electron chi connectivity index (χ1n) is 4.09. The highest BCUT2D eigenvalue weighted by Gasteiger charge is 2.06. The highest BCUT2D eigenvalue weighted by atomic mass is 31.1. The topological polar surface area (TPSA) is 22.4 Å². The first-order valence-corrected chi connectivity index (χ1v) is 6.24. The molecule has 0 amide bonds. The summed E-state index contributed by atoms with van der Waals surface area (Å²) >= 11 is 0. The Morgan fingerprint density at radius 1 is 1.23 bits per heavy atom. The molecule has 0 bridgehead atoms. The van der Waals surface area contributed by atoms with Gasteiger partial charge in [-0.25, -0.2) is 0 Å². The van der Waals surface area contributed by atoms with Gasteiger partial charge >= 0.3 is 0 Å². The van der Waals surface area contributed by atoms with Crippen molar-refractivity contribution in [3.05, 3.63) is 30.5 Å². The van der Waals surface area contributed by atoms with E-state index < -0.39 is 0 Å². The standard InChI is InChI=1S/C10H11O2P/c1-13(2)12-10-7-11-9-6-4-3-5-8(9)10/h3-7H,1-2H3. The maximum Gasteiger partial charge on any atom is 0.169 e. The molecule has 68 valence electrons. The molecule has 3 heteroatoms. The van der Waals surface area contributed by atoms with Crippen molar-refractivity contribution in [1.82, 2.24) is 0 Å². The minimum atomic E-state index is -0.384. The summed E-state index contributed by atoms with van der Waals surface area (Å²) in [5, 5.41) is 1.05. The van der Waals surface area contributed by atoms with Crippen LogP contribution in [0.5, 0.6) is 5.75 Å². The van der Waals surface area contributed by atoms with E-state index >= 15 is 0 Å². The molecular formula is C10H11O2P. The van der Waals surface area contributed by atoms with Crippen molar-refractivity contribution >= 4 is 19.1 Å². The smallest absolute Gasteiger partial charge is 0.169 e. The van der Waals surface area contributed by atoms with Gasteiger partial charge in [0.15, 0.2) is 5.75 Å². The summed E-state index contributed by atoms with van der Waals surface area (Å²) in [6.45, 7) is 4.13. The van der Waals surface area contributed by atoms with Crippen LogP contribution in [-0.2, 0) is 0 Å². The Kier molecular flexibility index (Phi) is 2.24. The van der Waals surface area contributed by atoms with Gasteiger partial charge in [0.05, 0.1) is 13.5 Å². The second-order valence-corrected chi connectivity index (χ2v) is 4.81. The maximum absolute atomic E-state index is 5.64. The second-order valence-electron chi connectivity index (χ2n) is 3.00. The zero-order chi connectivity index (χ0) is 9.26. The summed E-state index contributed by atoms with van der Waals surface area (Å²) in [6.07, 6.45) is 1.67. The van der Waals surface area contributed by atoms with Gasteiger partial charge in [-0.1, -0.05) is 12.1 Å². The number of fused-ring (bicyclic) bond motifs is 1. The molecular weight excluding hydrogens is 183 g/mol. The van der Waals surface area contributed by atoms with E-state index in [9.17, 15) is 0 Å². The minimum Gasteiger partial charge on any atom is -0.471 e. The Morgan fingerprint density at radius 2 is 2.00 bits per heavy atom.